The van der Waals surface area contributed by atoms with E-state index < -0.39 is 5.60 Å². The van der Waals surface area contributed by atoms with E-state index in [1.807, 2.05) is 32.9 Å². The Morgan fingerprint density at radius 3 is 2.64 bits per heavy atom. The van der Waals surface area contributed by atoms with Gasteiger partial charge >= 0.3 is 6.09 Å². The summed E-state index contributed by atoms with van der Waals surface area (Å²) >= 11 is 0. The van der Waals surface area contributed by atoms with Gasteiger partial charge in [-0.25, -0.2) is 4.79 Å². The van der Waals surface area contributed by atoms with Gasteiger partial charge in [0.25, 0.3) is 0 Å². The predicted molar refractivity (Wildman–Crippen MR) is 86.0 cm³/mol. The average Bonchev–Trinajstić information content (AvgIpc) is 2.41. The summed E-state index contributed by atoms with van der Waals surface area (Å²) in [6.07, 6.45) is 2.82. The molecule has 0 radical (unpaired) electrons. The van der Waals surface area contributed by atoms with Crippen LogP contribution in [-0.4, -0.2) is 36.5 Å². The maximum atomic E-state index is 12.2. The average molecular weight is 303 g/mol. The number of carbonyl (C=O) groups excluding carboxylic acids is 2. The Labute approximate surface area is 132 Å². The highest BCUT2D eigenvalue weighted by molar-refractivity contribution is 5.68. The Balaban J connectivity index is 2.12. The number of fused-ring (bicyclic) bond motifs is 1. The summed E-state index contributed by atoms with van der Waals surface area (Å²) in [5, 5.41) is 0. The van der Waals surface area contributed by atoms with Crippen molar-refractivity contribution in [2.75, 3.05) is 13.6 Å². The van der Waals surface area contributed by atoms with E-state index in [4.69, 9.17) is 4.74 Å². The first-order chi connectivity index (χ1) is 10.3. The second-order valence-electron chi connectivity index (χ2n) is 7.16. The van der Waals surface area contributed by atoms with Crippen molar-refractivity contribution < 1.29 is 14.3 Å². The first-order valence-corrected chi connectivity index (χ1v) is 7.73. The lowest BCUT2D eigenvalue weighted by Crippen LogP contribution is -2.49. The third kappa shape index (κ3) is 3.49. The van der Waals surface area contributed by atoms with Gasteiger partial charge in [0.1, 0.15) is 11.9 Å². The van der Waals surface area contributed by atoms with E-state index in [9.17, 15) is 9.59 Å². The van der Waals surface area contributed by atoms with Crippen molar-refractivity contribution in [1.29, 1.82) is 0 Å². The van der Waals surface area contributed by atoms with E-state index in [-0.39, 0.29) is 11.5 Å². The molecule has 0 saturated heterocycles. The lowest BCUT2D eigenvalue weighted by Gasteiger charge is -2.46. The van der Waals surface area contributed by atoms with E-state index in [2.05, 4.69) is 12.1 Å². The van der Waals surface area contributed by atoms with Gasteiger partial charge in [-0.1, -0.05) is 24.3 Å². The van der Waals surface area contributed by atoms with Crippen LogP contribution in [0.2, 0.25) is 0 Å². The van der Waals surface area contributed by atoms with Crippen molar-refractivity contribution >= 4 is 12.4 Å². The number of ether oxygens (including phenoxy) is 1. The summed E-state index contributed by atoms with van der Waals surface area (Å²) in [5.74, 6) is 0. The third-order valence-electron chi connectivity index (χ3n) is 4.10. The summed E-state index contributed by atoms with van der Waals surface area (Å²) in [6.45, 7) is 6.16. The Morgan fingerprint density at radius 1 is 1.36 bits per heavy atom. The van der Waals surface area contributed by atoms with E-state index >= 15 is 0 Å². The van der Waals surface area contributed by atoms with E-state index in [0.717, 1.165) is 19.1 Å². The lowest BCUT2D eigenvalue weighted by atomic mass is 9.61. The van der Waals surface area contributed by atoms with Crippen molar-refractivity contribution in [1.82, 2.24) is 4.90 Å². The largest absolute Gasteiger partial charge is 0.444 e. The molecule has 0 N–H and O–H groups in total. The molecule has 1 amide bonds. The van der Waals surface area contributed by atoms with E-state index in [1.54, 1.807) is 11.9 Å². The molecule has 0 aliphatic heterocycles. The normalized spacial score (nSPS) is 19.8. The van der Waals surface area contributed by atoms with Crippen LogP contribution in [0.1, 0.15) is 44.7 Å². The van der Waals surface area contributed by atoms with Crippen molar-refractivity contribution in [3.63, 3.8) is 0 Å². The highest BCUT2D eigenvalue weighted by Gasteiger charge is 2.43. The first kappa shape index (κ1) is 16.5. The Morgan fingerprint density at radius 2 is 2.05 bits per heavy atom. The van der Waals surface area contributed by atoms with Gasteiger partial charge < -0.3 is 14.4 Å². The number of amides is 1. The van der Waals surface area contributed by atoms with Gasteiger partial charge in [0.15, 0.2) is 0 Å². The maximum absolute atomic E-state index is 12.2. The molecule has 0 aromatic heterocycles. The van der Waals surface area contributed by atoms with Crippen molar-refractivity contribution in [2.24, 2.45) is 0 Å². The fourth-order valence-electron chi connectivity index (χ4n) is 3.18. The Kier molecular flexibility index (Phi) is 4.59. The van der Waals surface area contributed by atoms with Crippen LogP contribution in [0.15, 0.2) is 24.3 Å². The fraction of sp³-hybridized carbons (Fsp3) is 0.556. The second kappa shape index (κ2) is 6.11. The second-order valence-corrected chi connectivity index (χ2v) is 7.16. The standard InChI is InChI=1S/C18H25NO3/c1-17(2,3)22-16(21)19(4)13-18(10-7-11-20)12-14-8-5-6-9-15(14)18/h5-6,8-9,11H,7,10,12-13H2,1-4H3. The molecule has 0 bridgehead atoms. The first-order valence-electron chi connectivity index (χ1n) is 7.73. The molecule has 1 aromatic rings. The maximum Gasteiger partial charge on any atom is 0.410 e. The quantitative estimate of drug-likeness (QED) is 0.784. The van der Waals surface area contributed by atoms with Gasteiger partial charge in [-0.3, -0.25) is 0 Å². The molecule has 1 aromatic carbocycles. The summed E-state index contributed by atoms with van der Waals surface area (Å²) in [5.41, 5.74) is 1.94. The van der Waals surface area contributed by atoms with Crippen molar-refractivity contribution in [2.45, 2.75) is 51.0 Å². The molecule has 0 saturated carbocycles. The van der Waals surface area contributed by atoms with Gasteiger partial charge in [0.2, 0.25) is 0 Å². The summed E-state index contributed by atoms with van der Waals surface area (Å²) in [6, 6.07) is 8.26. The van der Waals surface area contributed by atoms with Crippen molar-refractivity contribution in [3.05, 3.63) is 35.4 Å². The molecule has 0 spiro atoms. The summed E-state index contributed by atoms with van der Waals surface area (Å²) in [7, 11) is 1.76. The third-order valence-corrected chi connectivity index (χ3v) is 4.10. The van der Waals surface area contributed by atoms with Crippen LogP contribution in [0.4, 0.5) is 4.79 Å². The highest BCUT2D eigenvalue weighted by atomic mass is 16.6. The van der Waals surface area contributed by atoms with Crippen molar-refractivity contribution in [3.8, 4) is 0 Å². The van der Waals surface area contributed by atoms with Crippen LogP contribution in [0.25, 0.3) is 0 Å². The zero-order valence-corrected chi connectivity index (χ0v) is 13.9. The molecule has 22 heavy (non-hydrogen) atoms. The van der Waals surface area contributed by atoms with Gasteiger partial charge in [0.05, 0.1) is 0 Å². The number of rotatable bonds is 5. The summed E-state index contributed by atoms with van der Waals surface area (Å²) < 4.78 is 5.42. The zero-order chi connectivity index (χ0) is 16.4. The Bertz CT molecular complexity index is 562. The van der Waals surface area contributed by atoms with E-state index in [1.165, 1.54) is 11.1 Å². The highest BCUT2D eigenvalue weighted by Crippen LogP contribution is 2.44. The van der Waals surface area contributed by atoms with Crippen LogP contribution < -0.4 is 0 Å². The fourth-order valence-corrected chi connectivity index (χ4v) is 3.18. The van der Waals surface area contributed by atoms with Gasteiger partial charge in [-0.2, -0.15) is 0 Å². The SMILES string of the molecule is CN(CC1(CCC=O)Cc2ccccc21)C(=O)OC(C)(C)C. The van der Waals surface area contributed by atoms with Crippen LogP contribution in [0.5, 0.6) is 0 Å². The number of carbonyl (C=O) groups is 2. The molecule has 120 valence electrons. The lowest BCUT2D eigenvalue weighted by molar-refractivity contribution is -0.108. The number of aldehydes is 1. The molecule has 2 rings (SSSR count). The number of nitrogens with zero attached hydrogens (tertiary/aromatic N) is 1. The minimum atomic E-state index is -0.501. The van der Waals surface area contributed by atoms with Gasteiger partial charge in [0, 0.05) is 25.4 Å². The predicted octanol–water partition coefficient (Wildman–Crippen LogP) is 3.33. The van der Waals surface area contributed by atoms with E-state index in [0.29, 0.717) is 13.0 Å². The molecular formula is C18H25NO3. The molecule has 1 atom stereocenters. The zero-order valence-electron chi connectivity index (χ0n) is 13.9. The minimum absolute atomic E-state index is 0.122. The van der Waals surface area contributed by atoms with Crippen LogP contribution in [0.3, 0.4) is 0 Å². The molecule has 1 aliphatic rings. The molecular weight excluding hydrogens is 278 g/mol. The number of likely N-dealkylation sites (N-methyl/N-ethyl adjacent to an activating group) is 1. The van der Waals surface area contributed by atoms with Gasteiger partial charge in [-0.05, 0) is 44.7 Å². The number of hydrogen-bond donors (Lipinski definition) is 0. The minimum Gasteiger partial charge on any atom is -0.444 e. The molecule has 1 unspecified atom stereocenters. The Hall–Kier alpha value is -1.84. The molecule has 4 heteroatoms. The molecule has 1 aliphatic carbocycles. The van der Waals surface area contributed by atoms with Crippen LogP contribution in [0, 0.1) is 0 Å². The van der Waals surface area contributed by atoms with Crippen LogP contribution >= 0.6 is 0 Å². The topological polar surface area (TPSA) is 46.6 Å². The number of hydrogen-bond acceptors (Lipinski definition) is 3. The molecule has 4 nitrogen and oxygen atoms in total. The van der Waals surface area contributed by atoms with Crippen LogP contribution in [-0.2, 0) is 21.4 Å². The number of benzene rings is 1. The smallest absolute Gasteiger partial charge is 0.410 e. The molecule has 0 fully saturated rings. The molecule has 0 heterocycles. The summed E-state index contributed by atoms with van der Waals surface area (Å²) in [4.78, 5) is 24.6. The van der Waals surface area contributed by atoms with Gasteiger partial charge in [-0.15, -0.1) is 0 Å². The monoisotopic (exact) mass is 303 g/mol.